The second kappa shape index (κ2) is 12.8. The number of likely N-dealkylation sites (N-methyl/N-ethyl adjacent to an activating group) is 1. The summed E-state index contributed by atoms with van der Waals surface area (Å²) in [6, 6.07) is 6.36. The molecule has 1 aliphatic rings. The third kappa shape index (κ3) is 7.64. The summed E-state index contributed by atoms with van der Waals surface area (Å²) in [7, 11) is 1.81. The number of hydrogen-bond acceptors (Lipinski definition) is 5. The van der Waals surface area contributed by atoms with Crippen molar-refractivity contribution in [1.29, 1.82) is 0 Å². The monoisotopic (exact) mass is 540 g/mol. The van der Waals surface area contributed by atoms with Gasteiger partial charge in [0.25, 0.3) is 0 Å². The third-order valence-corrected chi connectivity index (χ3v) is 5.58. The summed E-state index contributed by atoms with van der Waals surface area (Å²) in [5, 5.41) is 11.3. The van der Waals surface area contributed by atoms with Crippen LogP contribution in [-0.4, -0.2) is 71.9 Å². The molecule has 3 rings (SSSR count). The lowest BCUT2D eigenvalue weighted by molar-refractivity contribution is 0.270. The number of aromatic nitrogens is 3. The average molecular weight is 540 g/mol. The van der Waals surface area contributed by atoms with Crippen LogP contribution < -0.4 is 15.5 Å². The maximum absolute atomic E-state index is 4.58. The van der Waals surface area contributed by atoms with Gasteiger partial charge in [0.2, 0.25) is 0 Å². The number of rotatable bonds is 8. The molecule has 1 aliphatic heterocycles. The van der Waals surface area contributed by atoms with Gasteiger partial charge in [-0.05, 0) is 50.6 Å². The third-order valence-electron chi connectivity index (χ3n) is 5.58. The van der Waals surface area contributed by atoms with Crippen molar-refractivity contribution in [3.63, 3.8) is 0 Å². The molecule has 0 amide bonds. The van der Waals surface area contributed by atoms with Crippen molar-refractivity contribution < 1.29 is 0 Å². The lowest BCUT2D eigenvalue weighted by Gasteiger charge is -2.34. The molecule has 0 atom stereocenters. The number of nitrogens with one attached hydrogen (secondary N) is 2. The standard InChI is InChI=1S/C22H36N8.HI/c1-5-28-11-13-29(14-12-28)21-16-20(7-9-24-21)17-26-22(23-4)25-8-6-10-30-19(3)15-18(2)27-30;/h7,9,15-16H,5-6,8,10-14,17H2,1-4H3,(H2,23,25,26);1H. The maximum Gasteiger partial charge on any atom is 0.191 e. The molecule has 1 saturated heterocycles. The number of hydrogen-bond donors (Lipinski definition) is 2. The van der Waals surface area contributed by atoms with Crippen LogP contribution in [0.25, 0.3) is 0 Å². The Morgan fingerprint density at radius 2 is 1.90 bits per heavy atom. The summed E-state index contributed by atoms with van der Waals surface area (Å²) in [4.78, 5) is 13.8. The fourth-order valence-corrected chi connectivity index (χ4v) is 3.78. The van der Waals surface area contributed by atoms with Crippen LogP contribution in [0, 0.1) is 13.8 Å². The summed E-state index contributed by atoms with van der Waals surface area (Å²) in [5.74, 6) is 1.89. The predicted octanol–water partition coefficient (Wildman–Crippen LogP) is 2.41. The number of piperazine rings is 1. The van der Waals surface area contributed by atoms with E-state index >= 15 is 0 Å². The van der Waals surface area contributed by atoms with Crippen molar-refractivity contribution >= 4 is 35.8 Å². The summed E-state index contributed by atoms with van der Waals surface area (Å²) in [5.41, 5.74) is 3.49. The van der Waals surface area contributed by atoms with Gasteiger partial charge >= 0.3 is 0 Å². The Balaban J connectivity index is 0.00000341. The minimum atomic E-state index is 0. The molecule has 0 aliphatic carbocycles. The molecule has 0 radical (unpaired) electrons. The van der Waals surface area contributed by atoms with E-state index in [-0.39, 0.29) is 24.0 Å². The van der Waals surface area contributed by atoms with E-state index in [9.17, 15) is 0 Å². The molecule has 8 nitrogen and oxygen atoms in total. The largest absolute Gasteiger partial charge is 0.356 e. The molecular formula is C22H37IN8. The van der Waals surface area contributed by atoms with E-state index < -0.39 is 0 Å². The van der Waals surface area contributed by atoms with Crippen LogP contribution in [0.15, 0.2) is 29.4 Å². The van der Waals surface area contributed by atoms with E-state index in [1.165, 1.54) is 11.3 Å². The minimum absolute atomic E-state index is 0. The predicted molar refractivity (Wildman–Crippen MR) is 138 cm³/mol. The van der Waals surface area contributed by atoms with Gasteiger partial charge in [-0.25, -0.2) is 4.98 Å². The molecule has 2 aromatic rings. The highest BCUT2D eigenvalue weighted by Gasteiger charge is 2.16. The second-order valence-electron chi connectivity index (χ2n) is 7.80. The van der Waals surface area contributed by atoms with Crippen LogP contribution >= 0.6 is 24.0 Å². The van der Waals surface area contributed by atoms with Crippen LogP contribution in [0.5, 0.6) is 0 Å². The van der Waals surface area contributed by atoms with Crippen molar-refractivity contribution in [3.8, 4) is 0 Å². The number of guanidine groups is 1. The number of aliphatic imine (C=N–C) groups is 1. The van der Waals surface area contributed by atoms with E-state index in [2.05, 4.69) is 72.2 Å². The van der Waals surface area contributed by atoms with E-state index in [1.807, 2.05) is 20.2 Å². The molecule has 0 aromatic carbocycles. The van der Waals surface area contributed by atoms with Crippen LogP contribution in [0.1, 0.15) is 30.3 Å². The zero-order chi connectivity index (χ0) is 21.3. The Bertz CT molecular complexity index is 827. The summed E-state index contributed by atoms with van der Waals surface area (Å²) in [6.07, 6.45) is 2.90. The number of nitrogens with zero attached hydrogens (tertiary/aromatic N) is 6. The first-order valence-corrected chi connectivity index (χ1v) is 11.0. The summed E-state index contributed by atoms with van der Waals surface area (Å²) < 4.78 is 2.06. The Labute approximate surface area is 203 Å². The second-order valence-corrected chi connectivity index (χ2v) is 7.80. The van der Waals surface area contributed by atoms with Gasteiger partial charge < -0.3 is 20.4 Å². The topological polar surface area (TPSA) is 73.6 Å². The van der Waals surface area contributed by atoms with Gasteiger partial charge in [-0.15, -0.1) is 24.0 Å². The smallest absolute Gasteiger partial charge is 0.191 e. The van der Waals surface area contributed by atoms with E-state index in [0.29, 0.717) is 0 Å². The number of anilines is 1. The van der Waals surface area contributed by atoms with Gasteiger partial charge in [-0.2, -0.15) is 5.10 Å². The van der Waals surface area contributed by atoms with E-state index in [0.717, 1.165) is 76.3 Å². The van der Waals surface area contributed by atoms with Crippen LogP contribution in [-0.2, 0) is 13.1 Å². The Hall–Kier alpha value is -1.88. The summed E-state index contributed by atoms with van der Waals surface area (Å²) >= 11 is 0. The molecule has 31 heavy (non-hydrogen) atoms. The van der Waals surface area contributed by atoms with Crippen LogP contribution in [0.3, 0.4) is 0 Å². The SMILES string of the molecule is CCN1CCN(c2cc(CNC(=NC)NCCCn3nc(C)cc3C)ccn2)CC1.I. The van der Waals surface area contributed by atoms with Crippen molar-refractivity contribution in [3.05, 3.63) is 41.3 Å². The molecular weight excluding hydrogens is 503 g/mol. The zero-order valence-electron chi connectivity index (χ0n) is 19.3. The van der Waals surface area contributed by atoms with Crippen molar-refractivity contribution in [1.82, 2.24) is 30.3 Å². The molecule has 0 saturated carbocycles. The highest BCUT2D eigenvalue weighted by Crippen LogP contribution is 2.15. The van der Waals surface area contributed by atoms with Gasteiger partial charge in [-0.1, -0.05) is 6.92 Å². The Morgan fingerprint density at radius 1 is 1.13 bits per heavy atom. The molecule has 0 unspecified atom stereocenters. The van der Waals surface area contributed by atoms with Gasteiger partial charge in [0.05, 0.1) is 5.69 Å². The number of pyridine rings is 1. The lowest BCUT2D eigenvalue weighted by Crippen LogP contribution is -2.46. The first kappa shape index (κ1) is 25.4. The lowest BCUT2D eigenvalue weighted by atomic mass is 10.2. The first-order chi connectivity index (χ1) is 14.6. The molecule has 2 N–H and O–H groups in total. The average Bonchev–Trinajstić information content (AvgIpc) is 3.10. The van der Waals surface area contributed by atoms with Gasteiger partial charge in [0.1, 0.15) is 5.82 Å². The quantitative estimate of drug-likeness (QED) is 0.232. The van der Waals surface area contributed by atoms with Crippen molar-refractivity contribution in [2.24, 2.45) is 4.99 Å². The van der Waals surface area contributed by atoms with E-state index in [4.69, 9.17) is 0 Å². The Morgan fingerprint density at radius 3 is 2.55 bits per heavy atom. The zero-order valence-corrected chi connectivity index (χ0v) is 21.6. The van der Waals surface area contributed by atoms with Crippen LogP contribution in [0.2, 0.25) is 0 Å². The fraction of sp³-hybridized carbons (Fsp3) is 0.591. The van der Waals surface area contributed by atoms with E-state index in [1.54, 1.807) is 0 Å². The molecule has 0 spiro atoms. The highest BCUT2D eigenvalue weighted by molar-refractivity contribution is 14.0. The highest BCUT2D eigenvalue weighted by atomic mass is 127. The molecule has 2 aromatic heterocycles. The molecule has 172 valence electrons. The minimum Gasteiger partial charge on any atom is -0.356 e. The van der Waals surface area contributed by atoms with Crippen LogP contribution in [0.4, 0.5) is 5.82 Å². The first-order valence-electron chi connectivity index (χ1n) is 11.0. The number of aryl methyl sites for hydroxylation is 3. The molecule has 9 heteroatoms. The summed E-state index contributed by atoms with van der Waals surface area (Å²) in [6.45, 7) is 14.2. The fourth-order valence-electron chi connectivity index (χ4n) is 3.78. The van der Waals surface area contributed by atoms with Gasteiger partial charge in [0, 0.05) is 64.8 Å². The molecule has 3 heterocycles. The van der Waals surface area contributed by atoms with Crippen molar-refractivity contribution in [2.45, 2.75) is 40.3 Å². The van der Waals surface area contributed by atoms with Gasteiger partial charge in [0.15, 0.2) is 5.96 Å². The van der Waals surface area contributed by atoms with Crippen molar-refractivity contribution in [2.75, 3.05) is 51.2 Å². The van der Waals surface area contributed by atoms with Gasteiger partial charge in [-0.3, -0.25) is 9.67 Å². The number of halogens is 1. The Kier molecular flexibility index (Phi) is 10.5. The maximum atomic E-state index is 4.58. The molecule has 0 bridgehead atoms. The normalized spacial score (nSPS) is 15.0. The molecule has 1 fully saturated rings.